The Bertz CT molecular complexity index is 436. The molecule has 0 bridgehead atoms. The van der Waals surface area contributed by atoms with Crippen LogP contribution in [0, 0.1) is 6.92 Å². The Kier molecular flexibility index (Phi) is 11.1. The van der Waals surface area contributed by atoms with Crippen LogP contribution in [0.25, 0.3) is 0 Å². The van der Waals surface area contributed by atoms with E-state index >= 15 is 0 Å². The number of aryl methyl sites for hydroxylation is 1. The molecule has 0 atom stereocenters. The molecule has 0 amide bonds. The lowest BCUT2D eigenvalue weighted by Crippen LogP contribution is -2.37. The van der Waals surface area contributed by atoms with Gasteiger partial charge in [0.15, 0.2) is 5.96 Å². The van der Waals surface area contributed by atoms with Crippen LogP contribution in [0.15, 0.2) is 23.2 Å². The first kappa shape index (κ1) is 20.0. The summed E-state index contributed by atoms with van der Waals surface area (Å²) in [6.45, 7) is 11.5. The predicted molar refractivity (Wildman–Crippen MR) is 101 cm³/mol. The summed E-state index contributed by atoms with van der Waals surface area (Å²) in [5, 5.41) is 6.55. The topological polar surface area (TPSA) is 45.7 Å². The second-order valence-corrected chi connectivity index (χ2v) is 4.65. The molecular weight excluding hydrogens is 377 g/mol. The quantitative estimate of drug-likeness (QED) is 0.415. The zero-order chi connectivity index (χ0) is 14.8. The number of aliphatic imine (C=N–C) groups is 1. The fourth-order valence-corrected chi connectivity index (χ4v) is 1.88. The van der Waals surface area contributed by atoms with Crippen LogP contribution in [-0.4, -0.2) is 25.7 Å². The fraction of sp³-hybridized carbons (Fsp3) is 0.562. The Morgan fingerprint density at radius 2 is 1.95 bits per heavy atom. The van der Waals surface area contributed by atoms with E-state index in [2.05, 4.69) is 48.5 Å². The minimum absolute atomic E-state index is 0. The first-order valence-electron chi connectivity index (χ1n) is 7.45. The van der Waals surface area contributed by atoms with Crippen molar-refractivity contribution in [3.05, 3.63) is 29.3 Å². The molecular formula is C16H28IN3O. The molecule has 0 heterocycles. The maximum Gasteiger partial charge on any atom is 0.191 e. The lowest BCUT2D eigenvalue weighted by Gasteiger charge is -2.11. The van der Waals surface area contributed by atoms with Gasteiger partial charge in [0.1, 0.15) is 5.75 Å². The van der Waals surface area contributed by atoms with E-state index < -0.39 is 0 Å². The highest BCUT2D eigenvalue weighted by atomic mass is 127. The van der Waals surface area contributed by atoms with Crippen molar-refractivity contribution in [2.75, 3.05) is 19.7 Å². The third-order valence-electron chi connectivity index (χ3n) is 2.85. The van der Waals surface area contributed by atoms with Crippen LogP contribution in [0.4, 0.5) is 0 Å². The van der Waals surface area contributed by atoms with Crippen molar-refractivity contribution >= 4 is 29.9 Å². The molecule has 21 heavy (non-hydrogen) atoms. The number of rotatable bonds is 7. The lowest BCUT2D eigenvalue weighted by molar-refractivity contribution is 0.338. The zero-order valence-corrected chi connectivity index (χ0v) is 15.9. The van der Waals surface area contributed by atoms with Crippen molar-refractivity contribution in [2.45, 2.75) is 40.7 Å². The van der Waals surface area contributed by atoms with Crippen LogP contribution in [0.3, 0.4) is 0 Å². The third-order valence-corrected chi connectivity index (χ3v) is 2.85. The normalized spacial score (nSPS) is 10.8. The number of halogens is 1. The summed E-state index contributed by atoms with van der Waals surface area (Å²) < 4.78 is 5.55. The standard InChI is InChI=1S/C16H27N3O.HI/c1-5-10-18-16(17-6-2)19-12-14-8-9-15(20-7-3)13(4)11-14;/h8-9,11H,5-7,10,12H2,1-4H3,(H2,17,18,19);1H. The molecule has 0 aliphatic rings. The van der Waals surface area contributed by atoms with Gasteiger partial charge in [0, 0.05) is 13.1 Å². The van der Waals surface area contributed by atoms with Gasteiger partial charge in [0.05, 0.1) is 13.2 Å². The molecule has 120 valence electrons. The van der Waals surface area contributed by atoms with Crippen LogP contribution >= 0.6 is 24.0 Å². The van der Waals surface area contributed by atoms with Crippen molar-refractivity contribution in [3.63, 3.8) is 0 Å². The van der Waals surface area contributed by atoms with Gasteiger partial charge in [-0.3, -0.25) is 0 Å². The molecule has 0 fully saturated rings. The van der Waals surface area contributed by atoms with Crippen molar-refractivity contribution < 1.29 is 4.74 Å². The average molecular weight is 405 g/mol. The molecule has 0 aromatic heterocycles. The predicted octanol–water partition coefficient (Wildman–Crippen LogP) is 3.48. The number of nitrogens with zero attached hydrogens (tertiary/aromatic N) is 1. The largest absolute Gasteiger partial charge is 0.494 e. The number of nitrogens with one attached hydrogen (secondary N) is 2. The molecule has 1 rings (SSSR count). The minimum atomic E-state index is 0. The maximum atomic E-state index is 5.55. The van der Waals surface area contributed by atoms with Crippen molar-refractivity contribution in [3.8, 4) is 5.75 Å². The summed E-state index contributed by atoms with van der Waals surface area (Å²) in [4.78, 5) is 4.59. The minimum Gasteiger partial charge on any atom is -0.494 e. The van der Waals surface area contributed by atoms with Gasteiger partial charge < -0.3 is 15.4 Å². The smallest absolute Gasteiger partial charge is 0.191 e. The first-order valence-corrected chi connectivity index (χ1v) is 7.45. The first-order chi connectivity index (χ1) is 9.71. The highest BCUT2D eigenvalue weighted by Gasteiger charge is 2.01. The van der Waals surface area contributed by atoms with E-state index in [9.17, 15) is 0 Å². The van der Waals surface area contributed by atoms with E-state index in [1.807, 2.05) is 13.0 Å². The SMILES string of the molecule is CCCNC(=NCc1ccc(OCC)c(C)c1)NCC.I. The van der Waals surface area contributed by atoms with Crippen LogP contribution in [0.2, 0.25) is 0 Å². The van der Waals surface area contributed by atoms with Gasteiger partial charge in [0.25, 0.3) is 0 Å². The molecule has 0 radical (unpaired) electrons. The molecule has 1 aromatic rings. The highest BCUT2D eigenvalue weighted by molar-refractivity contribution is 14.0. The number of hydrogen-bond acceptors (Lipinski definition) is 2. The summed E-state index contributed by atoms with van der Waals surface area (Å²) in [5.41, 5.74) is 2.35. The summed E-state index contributed by atoms with van der Waals surface area (Å²) in [7, 11) is 0. The Morgan fingerprint density at radius 1 is 1.19 bits per heavy atom. The van der Waals surface area contributed by atoms with Crippen molar-refractivity contribution in [1.82, 2.24) is 10.6 Å². The van der Waals surface area contributed by atoms with Crippen molar-refractivity contribution in [1.29, 1.82) is 0 Å². The van der Waals surface area contributed by atoms with Gasteiger partial charge >= 0.3 is 0 Å². The lowest BCUT2D eigenvalue weighted by atomic mass is 10.1. The Morgan fingerprint density at radius 3 is 2.52 bits per heavy atom. The van der Waals surface area contributed by atoms with E-state index in [-0.39, 0.29) is 24.0 Å². The van der Waals surface area contributed by atoms with Gasteiger partial charge in [-0.25, -0.2) is 4.99 Å². The van der Waals surface area contributed by atoms with Gasteiger partial charge in [-0.15, -0.1) is 24.0 Å². The van der Waals surface area contributed by atoms with Crippen molar-refractivity contribution in [2.24, 2.45) is 4.99 Å². The molecule has 0 spiro atoms. The highest BCUT2D eigenvalue weighted by Crippen LogP contribution is 2.19. The molecule has 0 aliphatic carbocycles. The molecule has 0 aliphatic heterocycles. The van der Waals surface area contributed by atoms with Gasteiger partial charge in [-0.2, -0.15) is 0 Å². The van der Waals surface area contributed by atoms with Gasteiger partial charge in [0.2, 0.25) is 0 Å². The number of hydrogen-bond donors (Lipinski definition) is 2. The summed E-state index contributed by atoms with van der Waals surface area (Å²) in [5.74, 6) is 1.83. The summed E-state index contributed by atoms with van der Waals surface area (Å²) in [6, 6.07) is 6.23. The van der Waals surface area contributed by atoms with Gasteiger partial charge in [-0.05, 0) is 44.4 Å². The van der Waals surface area contributed by atoms with E-state index in [1.54, 1.807) is 0 Å². The average Bonchev–Trinajstić information content (AvgIpc) is 2.45. The maximum absolute atomic E-state index is 5.55. The molecule has 2 N–H and O–H groups in total. The Balaban J connectivity index is 0.00000400. The van der Waals surface area contributed by atoms with Gasteiger partial charge in [-0.1, -0.05) is 19.1 Å². The van der Waals surface area contributed by atoms with E-state index in [0.717, 1.165) is 36.8 Å². The summed E-state index contributed by atoms with van der Waals surface area (Å²) >= 11 is 0. The number of guanidine groups is 1. The molecule has 0 saturated heterocycles. The zero-order valence-electron chi connectivity index (χ0n) is 13.5. The van der Waals surface area contributed by atoms with E-state index in [0.29, 0.717) is 13.2 Å². The fourth-order valence-electron chi connectivity index (χ4n) is 1.88. The van der Waals surface area contributed by atoms with Crippen LogP contribution in [-0.2, 0) is 6.54 Å². The van der Waals surface area contributed by atoms with Crippen LogP contribution < -0.4 is 15.4 Å². The number of ether oxygens (including phenoxy) is 1. The summed E-state index contributed by atoms with van der Waals surface area (Å²) in [6.07, 6.45) is 1.09. The number of benzene rings is 1. The van der Waals surface area contributed by atoms with E-state index in [4.69, 9.17) is 4.74 Å². The van der Waals surface area contributed by atoms with Crippen LogP contribution in [0.5, 0.6) is 5.75 Å². The Labute approximate surface area is 145 Å². The third kappa shape index (κ3) is 7.55. The van der Waals surface area contributed by atoms with Crippen LogP contribution in [0.1, 0.15) is 38.3 Å². The molecule has 0 unspecified atom stereocenters. The molecule has 5 heteroatoms. The second-order valence-electron chi connectivity index (χ2n) is 4.65. The second kappa shape index (κ2) is 11.7. The monoisotopic (exact) mass is 405 g/mol. The Hall–Kier alpha value is -0.980. The molecule has 4 nitrogen and oxygen atoms in total. The van der Waals surface area contributed by atoms with E-state index in [1.165, 1.54) is 5.56 Å². The molecule has 1 aromatic carbocycles. The molecule has 0 saturated carbocycles.